The van der Waals surface area contributed by atoms with Crippen molar-refractivity contribution in [2.75, 3.05) is 10.0 Å². The summed E-state index contributed by atoms with van der Waals surface area (Å²) in [6.45, 7) is 5.24. The number of amides is 1. The minimum absolute atomic E-state index is 0.184. The van der Waals surface area contributed by atoms with Crippen LogP contribution in [0.5, 0.6) is 0 Å². The van der Waals surface area contributed by atoms with Crippen molar-refractivity contribution in [2.45, 2.75) is 25.7 Å². The van der Waals surface area contributed by atoms with Crippen molar-refractivity contribution in [2.24, 2.45) is 0 Å². The highest BCUT2D eigenvalue weighted by Crippen LogP contribution is 2.20. The summed E-state index contributed by atoms with van der Waals surface area (Å²) in [6, 6.07) is 13.0. The summed E-state index contributed by atoms with van der Waals surface area (Å²) in [5, 5.41) is 6.49. The third-order valence-electron chi connectivity index (χ3n) is 3.99. The van der Waals surface area contributed by atoms with Gasteiger partial charge in [0, 0.05) is 11.4 Å². The highest BCUT2D eigenvalue weighted by atomic mass is 32.2. The second-order valence-corrected chi connectivity index (χ2v) is 7.83. The maximum Gasteiger partial charge on any atom is 0.261 e. The van der Waals surface area contributed by atoms with E-state index in [1.54, 1.807) is 62.4 Å². The molecule has 0 aliphatic rings. The molecule has 8 heteroatoms. The first-order valence-corrected chi connectivity index (χ1v) is 9.68. The Morgan fingerprint density at radius 1 is 0.926 bits per heavy atom. The van der Waals surface area contributed by atoms with E-state index in [-0.39, 0.29) is 10.8 Å². The molecular weight excluding hydrogens is 366 g/mol. The largest absolute Gasteiger partial charge is 0.361 e. The quantitative estimate of drug-likeness (QED) is 0.698. The van der Waals surface area contributed by atoms with Crippen molar-refractivity contribution in [3.8, 4) is 0 Å². The molecule has 2 aromatic carbocycles. The molecule has 3 aromatic rings. The summed E-state index contributed by atoms with van der Waals surface area (Å²) < 4.78 is 32.3. The Morgan fingerprint density at radius 3 is 2.07 bits per heavy atom. The predicted octanol–water partition coefficient (Wildman–Crippen LogP) is 3.65. The molecule has 1 amide bonds. The minimum Gasteiger partial charge on any atom is -0.361 e. The molecule has 0 bridgehead atoms. The predicted molar refractivity (Wildman–Crippen MR) is 102 cm³/mol. The highest BCUT2D eigenvalue weighted by Gasteiger charge is 2.18. The van der Waals surface area contributed by atoms with Gasteiger partial charge >= 0.3 is 0 Å². The van der Waals surface area contributed by atoms with Gasteiger partial charge in [-0.15, -0.1) is 0 Å². The summed E-state index contributed by atoms with van der Waals surface area (Å²) in [5.41, 5.74) is 2.79. The molecule has 1 aromatic heterocycles. The van der Waals surface area contributed by atoms with Crippen LogP contribution in [0, 0.1) is 20.8 Å². The zero-order chi connectivity index (χ0) is 19.6. The molecule has 0 aliphatic carbocycles. The zero-order valence-electron chi connectivity index (χ0n) is 15.1. The van der Waals surface area contributed by atoms with E-state index < -0.39 is 10.0 Å². The van der Waals surface area contributed by atoms with Gasteiger partial charge in [0.15, 0.2) is 0 Å². The Hall–Kier alpha value is -3.13. The van der Waals surface area contributed by atoms with Crippen LogP contribution in [0.1, 0.15) is 27.4 Å². The Bertz CT molecular complexity index is 1050. The molecule has 0 fully saturated rings. The molecule has 0 spiro atoms. The van der Waals surface area contributed by atoms with E-state index in [0.717, 1.165) is 5.56 Å². The number of carbonyl (C=O) groups excluding carboxylic acids is 1. The lowest BCUT2D eigenvalue weighted by Crippen LogP contribution is -2.14. The zero-order valence-corrected chi connectivity index (χ0v) is 15.9. The fraction of sp³-hybridized carbons (Fsp3) is 0.158. The van der Waals surface area contributed by atoms with E-state index in [9.17, 15) is 13.2 Å². The van der Waals surface area contributed by atoms with Gasteiger partial charge in [0.1, 0.15) is 11.3 Å². The molecule has 0 saturated heterocycles. The number of aromatic nitrogens is 1. The number of sulfonamides is 1. The number of nitrogens with one attached hydrogen (secondary N) is 2. The SMILES string of the molecule is Cc1ccc(S(=O)(=O)Nc2ccc(NC(=O)c3c(C)noc3C)cc2)cc1. The lowest BCUT2D eigenvalue weighted by atomic mass is 10.2. The van der Waals surface area contributed by atoms with Crippen LogP contribution in [0.25, 0.3) is 0 Å². The van der Waals surface area contributed by atoms with Crippen molar-refractivity contribution in [1.82, 2.24) is 5.16 Å². The third kappa shape index (κ3) is 4.17. The van der Waals surface area contributed by atoms with E-state index in [1.807, 2.05) is 6.92 Å². The molecule has 0 radical (unpaired) electrons. The maximum absolute atomic E-state index is 12.4. The van der Waals surface area contributed by atoms with Gasteiger partial charge in [-0.05, 0) is 57.2 Å². The first-order chi connectivity index (χ1) is 12.8. The van der Waals surface area contributed by atoms with E-state index in [4.69, 9.17) is 4.52 Å². The fourth-order valence-electron chi connectivity index (χ4n) is 2.55. The summed E-state index contributed by atoms with van der Waals surface area (Å²) >= 11 is 0. The minimum atomic E-state index is -3.67. The van der Waals surface area contributed by atoms with Crippen LogP contribution in [-0.4, -0.2) is 19.5 Å². The van der Waals surface area contributed by atoms with Gasteiger partial charge in [-0.2, -0.15) is 0 Å². The Morgan fingerprint density at radius 2 is 1.52 bits per heavy atom. The van der Waals surface area contributed by atoms with Gasteiger partial charge in [-0.1, -0.05) is 22.9 Å². The van der Waals surface area contributed by atoms with Crippen LogP contribution < -0.4 is 10.0 Å². The molecule has 0 unspecified atom stereocenters. The number of nitrogens with zero attached hydrogens (tertiary/aromatic N) is 1. The number of hydrogen-bond acceptors (Lipinski definition) is 5. The van der Waals surface area contributed by atoms with E-state index in [0.29, 0.717) is 28.4 Å². The van der Waals surface area contributed by atoms with Crippen molar-refractivity contribution >= 4 is 27.3 Å². The van der Waals surface area contributed by atoms with Gasteiger partial charge in [0.05, 0.1) is 10.6 Å². The van der Waals surface area contributed by atoms with Crippen LogP contribution in [0.3, 0.4) is 0 Å². The molecule has 0 saturated carbocycles. The monoisotopic (exact) mass is 385 g/mol. The smallest absolute Gasteiger partial charge is 0.261 e. The molecular formula is C19H19N3O4S. The summed E-state index contributed by atoms with van der Waals surface area (Å²) in [6.07, 6.45) is 0. The van der Waals surface area contributed by atoms with Crippen molar-refractivity contribution < 1.29 is 17.7 Å². The van der Waals surface area contributed by atoms with E-state index in [1.165, 1.54) is 0 Å². The third-order valence-corrected chi connectivity index (χ3v) is 5.38. The van der Waals surface area contributed by atoms with Crippen LogP contribution in [-0.2, 0) is 10.0 Å². The number of rotatable bonds is 5. The average Bonchev–Trinajstić information content (AvgIpc) is 2.95. The number of benzene rings is 2. The molecule has 7 nitrogen and oxygen atoms in total. The standard InChI is InChI=1S/C19H19N3O4S/c1-12-4-10-17(11-5-12)27(24,25)22-16-8-6-15(7-9-16)20-19(23)18-13(2)21-26-14(18)3/h4-11,22H,1-3H3,(H,20,23). The lowest BCUT2D eigenvalue weighted by Gasteiger charge is -2.10. The first-order valence-electron chi connectivity index (χ1n) is 8.20. The second kappa shape index (κ2) is 7.24. The van der Waals surface area contributed by atoms with Gasteiger partial charge in [-0.25, -0.2) is 8.42 Å². The molecule has 1 heterocycles. The number of anilines is 2. The summed E-state index contributed by atoms with van der Waals surface area (Å²) in [4.78, 5) is 12.5. The molecule has 3 rings (SSSR count). The molecule has 0 atom stereocenters. The van der Waals surface area contributed by atoms with E-state index >= 15 is 0 Å². The van der Waals surface area contributed by atoms with Gasteiger partial charge < -0.3 is 9.84 Å². The van der Waals surface area contributed by atoms with Crippen LogP contribution in [0.2, 0.25) is 0 Å². The fourth-order valence-corrected chi connectivity index (χ4v) is 3.61. The molecule has 0 aliphatic heterocycles. The summed E-state index contributed by atoms with van der Waals surface area (Å²) in [5.74, 6) is 0.103. The second-order valence-electron chi connectivity index (χ2n) is 6.15. The topological polar surface area (TPSA) is 101 Å². The number of hydrogen-bond donors (Lipinski definition) is 2. The maximum atomic E-state index is 12.4. The Balaban J connectivity index is 1.72. The molecule has 27 heavy (non-hydrogen) atoms. The van der Waals surface area contributed by atoms with Gasteiger partial charge in [0.25, 0.3) is 15.9 Å². The molecule has 140 valence electrons. The van der Waals surface area contributed by atoms with Gasteiger partial charge in [0.2, 0.25) is 0 Å². The van der Waals surface area contributed by atoms with Crippen LogP contribution in [0.15, 0.2) is 57.9 Å². The Kier molecular flexibility index (Phi) is 5.00. The molecule has 2 N–H and O–H groups in total. The number of carbonyl (C=O) groups is 1. The van der Waals surface area contributed by atoms with Crippen molar-refractivity contribution in [3.05, 3.63) is 71.1 Å². The first kappa shape index (κ1) is 18.7. The van der Waals surface area contributed by atoms with Crippen molar-refractivity contribution in [1.29, 1.82) is 0 Å². The van der Waals surface area contributed by atoms with E-state index in [2.05, 4.69) is 15.2 Å². The lowest BCUT2D eigenvalue weighted by molar-refractivity contribution is 0.102. The van der Waals surface area contributed by atoms with Crippen molar-refractivity contribution in [3.63, 3.8) is 0 Å². The average molecular weight is 385 g/mol. The van der Waals surface area contributed by atoms with Crippen LogP contribution in [0.4, 0.5) is 11.4 Å². The normalized spacial score (nSPS) is 11.2. The summed E-state index contributed by atoms with van der Waals surface area (Å²) in [7, 11) is -3.67. The number of aryl methyl sites for hydroxylation is 3. The Labute approximate surface area is 157 Å². The van der Waals surface area contributed by atoms with Gasteiger partial charge in [-0.3, -0.25) is 9.52 Å². The highest BCUT2D eigenvalue weighted by molar-refractivity contribution is 7.92. The van der Waals surface area contributed by atoms with Crippen LogP contribution >= 0.6 is 0 Å².